The number of rotatable bonds is 6. The number of carbonyl (C=O) groups is 2. The van der Waals surface area contributed by atoms with Crippen molar-refractivity contribution in [1.82, 2.24) is 30.1 Å². The van der Waals surface area contributed by atoms with Crippen molar-refractivity contribution in [2.75, 3.05) is 10.6 Å². The Morgan fingerprint density at radius 2 is 1.86 bits per heavy atom. The summed E-state index contributed by atoms with van der Waals surface area (Å²) in [7, 11) is 0. The monoisotopic (exact) mass is 588 g/mol. The first-order valence-corrected chi connectivity index (χ1v) is 14.0. The molecule has 1 aromatic carbocycles. The van der Waals surface area contributed by atoms with Gasteiger partial charge in [-0.15, -0.1) is 11.3 Å². The lowest BCUT2D eigenvalue weighted by Crippen LogP contribution is -2.11. The second kappa shape index (κ2) is 10.6. The Hall–Kier alpha value is -5.75. The molecule has 1 aliphatic heterocycles. The minimum atomic E-state index is -0.617. The number of hydrogen-bond donors (Lipinski definition) is 4. The number of imidazole rings is 1. The molecule has 1 aliphatic rings. The van der Waals surface area contributed by atoms with E-state index in [-0.39, 0.29) is 28.5 Å². The van der Waals surface area contributed by atoms with Crippen LogP contribution in [0, 0.1) is 5.82 Å². The van der Waals surface area contributed by atoms with Crippen LogP contribution in [-0.4, -0.2) is 41.8 Å². The number of thiophene rings is 1. The smallest absolute Gasteiger partial charge is 0.255 e. The van der Waals surface area contributed by atoms with Gasteiger partial charge in [0.1, 0.15) is 22.9 Å². The summed E-state index contributed by atoms with van der Waals surface area (Å²) in [6.07, 6.45) is 9.97. The molecule has 12 heteroatoms. The molecular formula is C31H21FN8O2S. The Morgan fingerprint density at radius 3 is 2.67 bits per heavy atom. The van der Waals surface area contributed by atoms with Gasteiger partial charge in [0.25, 0.3) is 5.91 Å². The van der Waals surface area contributed by atoms with Crippen LogP contribution >= 0.6 is 11.3 Å². The van der Waals surface area contributed by atoms with E-state index in [4.69, 9.17) is 4.98 Å². The highest BCUT2D eigenvalue weighted by molar-refractivity contribution is 7.15. The molecule has 0 aliphatic carbocycles. The molecule has 0 saturated carbocycles. The van der Waals surface area contributed by atoms with Gasteiger partial charge in [-0.2, -0.15) is 5.10 Å². The Morgan fingerprint density at radius 1 is 1.00 bits per heavy atom. The van der Waals surface area contributed by atoms with Gasteiger partial charge < -0.3 is 15.6 Å². The lowest BCUT2D eigenvalue weighted by molar-refractivity contribution is 0.101. The van der Waals surface area contributed by atoms with Crippen molar-refractivity contribution in [3.8, 4) is 22.8 Å². The fourth-order valence-electron chi connectivity index (χ4n) is 4.79. The van der Waals surface area contributed by atoms with Gasteiger partial charge in [0.15, 0.2) is 17.4 Å². The quantitative estimate of drug-likeness (QED) is 0.164. The standard InChI is InChI=1S/C31H21FN8O2S/c1-16(41)22-9-10-23(43-22)20-8-5-11-34-29-27(20)37-30(38-29)28-24-21(39-40-28)15-35-26(25(24)32)18-12-19(14-33-13-18)36-31(42)17-6-3-2-4-7-17/h2-15,34H,1H3,(H,36,42)(H,37,38)(H,39,40). The molecule has 0 spiro atoms. The number of aromatic amines is 2. The van der Waals surface area contributed by atoms with Gasteiger partial charge in [0.2, 0.25) is 0 Å². The molecule has 0 bridgehead atoms. The van der Waals surface area contributed by atoms with Crippen molar-refractivity contribution in [3.05, 3.63) is 112 Å². The van der Waals surface area contributed by atoms with Crippen LogP contribution in [0.3, 0.4) is 0 Å². The molecular weight excluding hydrogens is 567 g/mol. The van der Waals surface area contributed by atoms with Crippen LogP contribution < -0.4 is 10.6 Å². The van der Waals surface area contributed by atoms with Crippen molar-refractivity contribution < 1.29 is 14.0 Å². The van der Waals surface area contributed by atoms with Crippen molar-refractivity contribution in [2.45, 2.75) is 6.92 Å². The van der Waals surface area contributed by atoms with Crippen molar-refractivity contribution >= 4 is 51.0 Å². The summed E-state index contributed by atoms with van der Waals surface area (Å²) in [4.78, 5) is 42.6. The van der Waals surface area contributed by atoms with Crippen molar-refractivity contribution in [3.63, 3.8) is 0 Å². The lowest BCUT2D eigenvalue weighted by Gasteiger charge is -2.08. The molecule has 6 aromatic rings. The van der Waals surface area contributed by atoms with Crippen LogP contribution in [0.25, 0.3) is 39.3 Å². The van der Waals surface area contributed by atoms with Gasteiger partial charge in [-0.05, 0) is 49.4 Å². The number of carbonyl (C=O) groups excluding carboxylic acids is 2. The van der Waals surface area contributed by atoms with E-state index < -0.39 is 5.82 Å². The molecule has 0 unspecified atom stereocenters. The first-order chi connectivity index (χ1) is 21.0. The maximum atomic E-state index is 16.2. The number of H-pyrrole nitrogens is 2. The minimum Gasteiger partial charge on any atom is -0.346 e. The fourth-order valence-corrected chi connectivity index (χ4v) is 5.72. The molecule has 43 heavy (non-hydrogen) atoms. The zero-order valence-corrected chi connectivity index (χ0v) is 23.3. The second-order valence-electron chi connectivity index (χ2n) is 9.68. The molecule has 0 fully saturated rings. The molecule has 210 valence electrons. The summed E-state index contributed by atoms with van der Waals surface area (Å²) in [6, 6.07) is 14.1. The van der Waals surface area contributed by atoms with Gasteiger partial charge in [-0.3, -0.25) is 24.7 Å². The highest BCUT2D eigenvalue weighted by Crippen LogP contribution is 2.38. The number of aromatic nitrogens is 6. The third-order valence-corrected chi connectivity index (χ3v) is 8.06. The maximum Gasteiger partial charge on any atom is 0.255 e. The minimum absolute atomic E-state index is 0.00993. The van der Waals surface area contributed by atoms with Gasteiger partial charge in [-0.1, -0.05) is 18.2 Å². The summed E-state index contributed by atoms with van der Waals surface area (Å²) in [6.45, 7) is 1.53. The normalized spacial score (nSPS) is 12.4. The Kier molecular flexibility index (Phi) is 6.44. The molecule has 0 radical (unpaired) electrons. The Labute approximate surface area is 247 Å². The first-order valence-electron chi connectivity index (χ1n) is 13.2. The predicted octanol–water partition coefficient (Wildman–Crippen LogP) is 6.44. The van der Waals surface area contributed by atoms with Crippen LogP contribution in [0.15, 0.2) is 85.5 Å². The van der Waals surface area contributed by atoms with E-state index in [0.29, 0.717) is 44.5 Å². The average molecular weight is 589 g/mol. The highest BCUT2D eigenvalue weighted by atomic mass is 32.1. The Bertz CT molecular complexity index is 2110. The molecule has 0 saturated heterocycles. The summed E-state index contributed by atoms with van der Waals surface area (Å²) >= 11 is 1.38. The first kappa shape index (κ1) is 26.2. The number of ketones is 1. The summed E-state index contributed by atoms with van der Waals surface area (Å²) < 4.78 is 16.2. The van der Waals surface area contributed by atoms with E-state index in [0.717, 1.165) is 10.5 Å². The SMILES string of the molecule is CC(=O)c1ccc(C2=CC=CNc3[nH]c(-c4n[nH]c5cnc(-c6cncc(NC(=O)c7ccccc7)c6)c(F)c45)nc32)s1. The van der Waals surface area contributed by atoms with E-state index >= 15 is 4.39 Å². The zero-order chi connectivity index (χ0) is 29.5. The van der Waals surface area contributed by atoms with Crippen LogP contribution in [0.5, 0.6) is 0 Å². The van der Waals surface area contributed by atoms with Crippen LogP contribution in [-0.2, 0) is 0 Å². The van der Waals surface area contributed by atoms with Crippen LogP contribution in [0.2, 0.25) is 0 Å². The highest BCUT2D eigenvalue weighted by Gasteiger charge is 2.24. The van der Waals surface area contributed by atoms with Crippen LogP contribution in [0.4, 0.5) is 15.9 Å². The molecule has 0 atom stereocenters. The van der Waals surface area contributed by atoms with Gasteiger partial charge >= 0.3 is 0 Å². The number of benzene rings is 1. The average Bonchev–Trinajstić information content (AvgIpc) is 3.75. The number of nitrogens with one attached hydrogen (secondary N) is 4. The Balaban J connectivity index is 1.26. The number of halogens is 1. The van der Waals surface area contributed by atoms with Crippen molar-refractivity contribution in [2.24, 2.45) is 0 Å². The largest absolute Gasteiger partial charge is 0.346 e. The third-order valence-electron chi connectivity index (χ3n) is 6.84. The lowest BCUT2D eigenvalue weighted by atomic mass is 10.1. The molecule has 1 amide bonds. The number of nitrogens with zero attached hydrogens (tertiary/aromatic N) is 4. The molecule has 10 nitrogen and oxygen atoms in total. The van der Waals surface area contributed by atoms with E-state index in [1.807, 2.05) is 24.3 Å². The number of fused-ring (bicyclic) bond motifs is 2. The third kappa shape index (κ3) is 4.79. The summed E-state index contributed by atoms with van der Waals surface area (Å²) in [5.74, 6) is 0.00419. The predicted molar refractivity (Wildman–Crippen MR) is 163 cm³/mol. The number of allylic oxidation sites excluding steroid dienone is 2. The van der Waals surface area contributed by atoms with E-state index in [2.05, 4.69) is 35.8 Å². The number of pyridine rings is 2. The molecule has 4 N–H and O–H groups in total. The topological polar surface area (TPSA) is 141 Å². The summed E-state index contributed by atoms with van der Waals surface area (Å²) in [5.41, 5.74) is 3.37. The number of Topliss-reactive ketones (excluding diaryl/α,β-unsaturated/α-hetero) is 1. The maximum absolute atomic E-state index is 16.2. The van der Waals surface area contributed by atoms with Gasteiger partial charge in [-0.25, -0.2) is 9.37 Å². The van der Waals surface area contributed by atoms with Crippen LogP contribution in [0.1, 0.15) is 37.5 Å². The number of anilines is 2. The molecule has 6 heterocycles. The zero-order valence-electron chi connectivity index (χ0n) is 22.5. The second-order valence-corrected chi connectivity index (χ2v) is 10.8. The molecule has 5 aromatic heterocycles. The summed E-state index contributed by atoms with van der Waals surface area (Å²) in [5, 5.41) is 13.4. The number of amides is 1. The fraction of sp³-hybridized carbons (Fsp3) is 0.0323. The van der Waals surface area contributed by atoms with E-state index in [1.165, 1.54) is 36.9 Å². The van der Waals surface area contributed by atoms with Gasteiger partial charge in [0, 0.05) is 34.0 Å². The van der Waals surface area contributed by atoms with Gasteiger partial charge in [0.05, 0.1) is 33.9 Å². The number of hydrogen-bond acceptors (Lipinski definition) is 8. The van der Waals surface area contributed by atoms with E-state index in [1.54, 1.807) is 42.6 Å². The van der Waals surface area contributed by atoms with E-state index in [9.17, 15) is 9.59 Å². The van der Waals surface area contributed by atoms with Crippen molar-refractivity contribution in [1.29, 1.82) is 0 Å². The molecule has 7 rings (SSSR count).